The average molecular weight is 262 g/mol. The van der Waals surface area contributed by atoms with Crippen LogP contribution in [0.2, 0.25) is 0 Å². The lowest BCUT2D eigenvalue weighted by Crippen LogP contribution is -2.03. The summed E-state index contributed by atoms with van der Waals surface area (Å²) in [7, 11) is 0. The molecule has 0 radical (unpaired) electrons. The van der Waals surface area contributed by atoms with Crippen molar-refractivity contribution in [2.24, 2.45) is 0 Å². The number of nitrogens with zero attached hydrogens (tertiary/aromatic N) is 1. The van der Waals surface area contributed by atoms with Gasteiger partial charge in [0.1, 0.15) is 0 Å². The van der Waals surface area contributed by atoms with Crippen molar-refractivity contribution in [3.63, 3.8) is 0 Å². The number of ether oxygens (including phenoxy) is 1. The number of anilines is 1. The van der Waals surface area contributed by atoms with Crippen molar-refractivity contribution in [2.75, 3.05) is 18.5 Å². The zero-order valence-corrected chi connectivity index (χ0v) is 11.2. The van der Waals surface area contributed by atoms with Crippen LogP contribution in [0.5, 0.6) is 5.75 Å². The van der Waals surface area contributed by atoms with E-state index < -0.39 is 4.92 Å². The summed E-state index contributed by atoms with van der Waals surface area (Å²) in [6.45, 7) is 4.91. The molecule has 0 atom stereocenters. The number of rotatable bonds is 7. The minimum absolute atomic E-state index is 0.00708. The minimum atomic E-state index is -0.433. The fraction of sp³-hybridized carbons (Fsp3) is 0.429. The first-order valence-electron chi connectivity index (χ1n) is 6.23. The van der Waals surface area contributed by atoms with E-state index >= 15 is 0 Å². The third-order valence-electron chi connectivity index (χ3n) is 2.37. The molecule has 0 saturated carbocycles. The van der Waals surface area contributed by atoms with Crippen molar-refractivity contribution in [1.82, 2.24) is 0 Å². The Morgan fingerprint density at radius 3 is 2.89 bits per heavy atom. The van der Waals surface area contributed by atoms with Crippen LogP contribution in [0.3, 0.4) is 0 Å². The molecule has 0 fully saturated rings. The standard InChI is InChI=1S/C14H18N2O3/c1-3-5-6-9-15-12-7-8-13(16(17)18)14(11-12)19-10-4-2/h7-8,11,15H,4,6,9-10H2,1-2H3. The normalized spacial score (nSPS) is 9.37. The maximum atomic E-state index is 10.9. The third-order valence-corrected chi connectivity index (χ3v) is 2.37. The van der Waals surface area contributed by atoms with Gasteiger partial charge >= 0.3 is 5.69 Å². The number of nitro benzene ring substituents is 1. The van der Waals surface area contributed by atoms with Crippen LogP contribution in [0.4, 0.5) is 11.4 Å². The van der Waals surface area contributed by atoms with Gasteiger partial charge in [-0.1, -0.05) is 6.92 Å². The van der Waals surface area contributed by atoms with Crippen LogP contribution in [-0.4, -0.2) is 18.1 Å². The van der Waals surface area contributed by atoms with Crippen molar-refractivity contribution in [3.05, 3.63) is 28.3 Å². The van der Waals surface area contributed by atoms with E-state index in [4.69, 9.17) is 4.74 Å². The molecule has 1 rings (SSSR count). The largest absolute Gasteiger partial charge is 0.487 e. The Hall–Kier alpha value is -2.22. The smallest absolute Gasteiger partial charge is 0.311 e. The molecule has 0 aromatic heterocycles. The fourth-order valence-corrected chi connectivity index (χ4v) is 1.50. The minimum Gasteiger partial charge on any atom is -0.487 e. The van der Waals surface area contributed by atoms with Crippen molar-refractivity contribution in [3.8, 4) is 17.6 Å². The summed E-state index contributed by atoms with van der Waals surface area (Å²) in [5.41, 5.74) is 0.793. The Morgan fingerprint density at radius 1 is 1.47 bits per heavy atom. The van der Waals surface area contributed by atoms with Crippen LogP contribution >= 0.6 is 0 Å². The van der Waals surface area contributed by atoms with Gasteiger partial charge in [0.25, 0.3) is 0 Å². The van der Waals surface area contributed by atoms with Gasteiger partial charge in [0.2, 0.25) is 0 Å². The van der Waals surface area contributed by atoms with Crippen LogP contribution in [0.25, 0.3) is 0 Å². The first kappa shape index (κ1) is 14.8. The van der Waals surface area contributed by atoms with E-state index in [1.54, 1.807) is 19.1 Å². The van der Waals surface area contributed by atoms with Gasteiger partial charge in [0.05, 0.1) is 11.5 Å². The molecule has 5 nitrogen and oxygen atoms in total. The van der Waals surface area contributed by atoms with E-state index in [9.17, 15) is 10.1 Å². The monoisotopic (exact) mass is 262 g/mol. The molecule has 0 bridgehead atoms. The Morgan fingerprint density at radius 2 is 2.26 bits per heavy atom. The van der Waals surface area contributed by atoms with Gasteiger partial charge < -0.3 is 10.1 Å². The van der Waals surface area contributed by atoms with Crippen LogP contribution in [0.15, 0.2) is 18.2 Å². The quantitative estimate of drug-likeness (QED) is 0.354. The SMILES string of the molecule is CC#CCCNc1ccc([N+](=O)[O-])c(OCCC)c1. The van der Waals surface area contributed by atoms with Gasteiger partial charge in [-0.3, -0.25) is 10.1 Å². The Kier molecular flexibility index (Phi) is 6.23. The molecule has 0 saturated heterocycles. The van der Waals surface area contributed by atoms with Gasteiger partial charge in [-0.25, -0.2) is 0 Å². The molecule has 0 amide bonds. The van der Waals surface area contributed by atoms with Crippen LogP contribution < -0.4 is 10.1 Å². The Bertz CT molecular complexity index is 489. The molecule has 0 aliphatic rings. The number of benzene rings is 1. The van der Waals surface area contributed by atoms with Crippen molar-refractivity contribution < 1.29 is 9.66 Å². The molecular formula is C14H18N2O3. The van der Waals surface area contributed by atoms with Gasteiger partial charge in [0, 0.05) is 30.8 Å². The van der Waals surface area contributed by atoms with Crippen LogP contribution in [0.1, 0.15) is 26.7 Å². The molecule has 19 heavy (non-hydrogen) atoms. The van der Waals surface area contributed by atoms with E-state index in [1.165, 1.54) is 6.07 Å². The highest BCUT2D eigenvalue weighted by molar-refractivity contribution is 5.58. The summed E-state index contributed by atoms with van der Waals surface area (Å²) >= 11 is 0. The van der Waals surface area contributed by atoms with E-state index in [2.05, 4.69) is 17.2 Å². The van der Waals surface area contributed by atoms with E-state index in [1.807, 2.05) is 6.92 Å². The summed E-state index contributed by atoms with van der Waals surface area (Å²) in [4.78, 5) is 10.4. The van der Waals surface area contributed by atoms with Crippen molar-refractivity contribution in [1.29, 1.82) is 0 Å². The van der Waals surface area contributed by atoms with Crippen molar-refractivity contribution >= 4 is 11.4 Å². The molecule has 102 valence electrons. The molecule has 0 aliphatic carbocycles. The lowest BCUT2D eigenvalue weighted by atomic mass is 10.2. The molecule has 0 spiro atoms. The fourth-order valence-electron chi connectivity index (χ4n) is 1.50. The molecule has 0 heterocycles. The highest BCUT2D eigenvalue weighted by atomic mass is 16.6. The van der Waals surface area contributed by atoms with Gasteiger partial charge in [-0.2, -0.15) is 0 Å². The molecule has 1 aromatic rings. The Balaban J connectivity index is 2.77. The zero-order valence-electron chi connectivity index (χ0n) is 11.2. The maximum absolute atomic E-state index is 10.9. The van der Waals surface area contributed by atoms with Gasteiger partial charge in [-0.15, -0.1) is 11.8 Å². The first-order valence-corrected chi connectivity index (χ1v) is 6.23. The Labute approximate surface area is 113 Å². The highest BCUT2D eigenvalue weighted by Crippen LogP contribution is 2.30. The number of nitrogens with one attached hydrogen (secondary N) is 1. The average Bonchev–Trinajstić information content (AvgIpc) is 2.41. The van der Waals surface area contributed by atoms with Gasteiger partial charge in [0.15, 0.2) is 5.75 Å². The second kappa shape index (κ2) is 7.98. The van der Waals surface area contributed by atoms with Crippen LogP contribution in [-0.2, 0) is 0 Å². The first-order chi connectivity index (χ1) is 9.19. The topological polar surface area (TPSA) is 64.4 Å². The summed E-state index contributed by atoms with van der Waals surface area (Å²) in [5, 5.41) is 14.0. The molecule has 1 N–H and O–H groups in total. The summed E-state index contributed by atoms with van der Waals surface area (Å²) in [6.07, 6.45) is 1.54. The molecule has 0 aliphatic heterocycles. The second-order valence-electron chi connectivity index (χ2n) is 3.89. The molecule has 1 aromatic carbocycles. The summed E-state index contributed by atoms with van der Waals surface area (Å²) in [6, 6.07) is 4.79. The summed E-state index contributed by atoms with van der Waals surface area (Å²) < 4.78 is 5.41. The van der Waals surface area contributed by atoms with E-state index in [0.29, 0.717) is 18.9 Å². The van der Waals surface area contributed by atoms with Gasteiger partial charge in [-0.05, 0) is 19.4 Å². The maximum Gasteiger partial charge on any atom is 0.311 e. The van der Waals surface area contributed by atoms with E-state index in [0.717, 1.165) is 18.5 Å². The third kappa shape index (κ3) is 4.88. The summed E-state index contributed by atoms with van der Waals surface area (Å²) in [5.74, 6) is 6.06. The number of hydrogen-bond acceptors (Lipinski definition) is 4. The van der Waals surface area contributed by atoms with E-state index in [-0.39, 0.29) is 5.69 Å². The zero-order chi connectivity index (χ0) is 14.1. The molecule has 5 heteroatoms. The number of nitro groups is 1. The predicted octanol–water partition coefficient (Wildman–Crippen LogP) is 3.21. The highest BCUT2D eigenvalue weighted by Gasteiger charge is 2.15. The second-order valence-corrected chi connectivity index (χ2v) is 3.89. The van der Waals surface area contributed by atoms with Crippen LogP contribution in [0, 0.1) is 22.0 Å². The lowest BCUT2D eigenvalue weighted by molar-refractivity contribution is -0.385. The number of hydrogen-bond donors (Lipinski definition) is 1. The predicted molar refractivity (Wildman–Crippen MR) is 75.4 cm³/mol. The lowest BCUT2D eigenvalue weighted by Gasteiger charge is -2.09. The molecule has 0 unspecified atom stereocenters. The van der Waals surface area contributed by atoms with Crippen molar-refractivity contribution in [2.45, 2.75) is 26.7 Å². The molecular weight excluding hydrogens is 244 g/mol.